The Balaban J connectivity index is 1.87. The number of benzene rings is 2. The van der Waals surface area contributed by atoms with Gasteiger partial charge in [-0.1, -0.05) is 18.2 Å². The first-order valence-electron chi connectivity index (χ1n) is 7.84. The van der Waals surface area contributed by atoms with E-state index in [1.807, 2.05) is 24.3 Å². The Morgan fingerprint density at radius 2 is 1.88 bits per heavy atom. The molecule has 0 radical (unpaired) electrons. The van der Waals surface area contributed by atoms with E-state index in [-0.39, 0.29) is 5.91 Å². The summed E-state index contributed by atoms with van der Waals surface area (Å²) in [5, 5.41) is 2.79. The molecule has 0 aromatic heterocycles. The van der Waals surface area contributed by atoms with Crippen molar-refractivity contribution in [2.24, 2.45) is 0 Å². The first kappa shape index (κ1) is 20.1. The molecule has 0 aliphatic heterocycles. The zero-order chi connectivity index (χ0) is 19.2. The third-order valence-electron chi connectivity index (χ3n) is 3.65. The maximum Gasteiger partial charge on any atom is 0.234 e. The highest BCUT2D eigenvalue weighted by atomic mass is 32.2. The van der Waals surface area contributed by atoms with Gasteiger partial charge in [-0.2, -0.15) is 0 Å². The SMILES string of the molecule is COc1ccc(CSCC(=O)Nc2cccc(N(C)S(C)(=O)=O)c2)cc1. The zero-order valence-corrected chi connectivity index (χ0v) is 16.6. The molecule has 2 aromatic rings. The molecule has 0 saturated carbocycles. The Morgan fingerprint density at radius 1 is 1.19 bits per heavy atom. The number of hydrogen-bond donors (Lipinski definition) is 1. The summed E-state index contributed by atoms with van der Waals surface area (Å²) in [5.41, 5.74) is 2.17. The number of sulfonamides is 1. The van der Waals surface area contributed by atoms with Crippen molar-refractivity contribution in [2.45, 2.75) is 5.75 Å². The molecule has 0 bridgehead atoms. The molecule has 6 nitrogen and oxygen atoms in total. The van der Waals surface area contributed by atoms with Crippen molar-refractivity contribution in [3.8, 4) is 5.75 Å². The predicted molar refractivity (Wildman–Crippen MR) is 107 cm³/mol. The van der Waals surface area contributed by atoms with Crippen LogP contribution in [-0.4, -0.2) is 40.5 Å². The Kier molecular flexibility index (Phi) is 6.93. The second kappa shape index (κ2) is 8.95. The molecular formula is C18H22N2O4S2. The molecule has 1 amide bonds. The van der Waals surface area contributed by atoms with E-state index in [9.17, 15) is 13.2 Å². The van der Waals surface area contributed by atoms with Crippen LogP contribution in [0.3, 0.4) is 0 Å². The van der Waals surface area contributed by atoms with E-state index in [1.54, 1.807) is 31.4 Å². The number of nitrogens with zero attached hydrogens (tertiary/aromatic N) is 1. The molecule has 8 heteroatoms. The van der Waals surface area contributed by atoms with Crippen LogP contribution in [0.2, 0.25) is 0 Å². The smallest absolute Gasteiger partial charge is 0.234 e. The maximum atomic E-state index is 12.1. The number of rotatable bonds is 8. The van der Waals surface area contributed by atoms with Gasteiger partial charge < -0.3 is 10.1 Å². The topological polar surface area (TPSA) is 75.7 Å². The van der Waals surface area contributed by atoms with E-state index >= 15 is 0 Å². The summed E-state index contributed by atoms with van der Waals surface area (Å²) in [7, 11) is -0.248. The van der Waals surface area contributed by atoms with E-state index in [1.165, 1.54) is 23.1 Å². The van der Waals surface area contributed by atoms with Crippen LogP contribution in [0.4, 0.5) is 11.4 Å². The Hall–Kier alpha value is -2.19. The van der Waals surface area contributed by atoms with Gasteiger partial charge in [0.2, 0.25) is 15.9 Å². The number of methoxy groups -OCH3 is 1. The lowest BCUT2D eigenvalue weighted by Crippen LogP contribution is -2.25. The van der Waals surface area contributed by atoms with Gasteiger partial charge in [0.1, 0.15) is 5.75 Å². The Morgan fingerprint density at radius 3 is 2.50 bits per heavy atom. The van der Waals surface area contributed by atoms with E-state index in [0.717, 1.165) is 17.6 Å². The van der Waals surface area contributed by atoms with Crippen LogP contribution < -0.4 is 14.4 Å². The molecule has 0 unspecified atom stereocenters. The summed E-state index contributed by atoms with van der Waals surface area (Å²) >= 11 is 1.50. The molecule has 0 aliphatic carbocycles. The van der Waals surface area contributed by atoms with E-state index in [0.29, 0.717) is 22.9 Å². The van der Waals surface area contributed by atoms with Crippen molar-refractivity contribution in [1.82, 2.24) is 0 Å². The van der Waals surface area contributed by atoms with Gasteiger partial charge in [0.25, 0.3) is 0 Å². The molecule has 140 valence electrons. The van der Waals surface area contributed by atoms with Crippen molar-refractivity contribution >= 4 is 39.1 Å². The number of thioether (sulfide) groups is 1. The molecule has 0 aliphatic rings. The second-order valence-corrected chi connectivity index (χ2v) is 8.67. The Labute approximate surface area is 158 Å². The molecule has 0 fully saturated rings. The average Bonchev–Trinajstić information content (AvgIpc) is 2.61. The zero-order valence-electron chi connectivity index (χ0n) is 14.9. The number of carbonyl (C=O) groups excluding carboxylic acids is 1. The van der Waals surface area contributed by atoms with E-state index < -0.39 is 10.0 Å². The molecule has 2 rings (SSSR count). The van der Waals surface area contributed by atoms with E-state index in [4.69, 9.17) is 4.74 Å². The minimum Gasteiger partial charge on any atom is -0.497 e. The minimum atomic E-state index is -3.34. The lowest BCUT2D eigenvalue weighted by molar-refractivity contribution is -0.113. The largest absolute Gasteiger partial charge is 0.497 e. The fourth-order valence-corrected chi connectivity index (χ4v) is 3.44. The molecule has 26 heavy (non-hydrogen) atoms. The van der Waals surface area contributed by atoms with Crippen LogP contribution in [0.15, 0.2) is 48.5 Å². The highest BCUT2D eigenvalue weighted by Crippen LogP contribution is 2.21. The number of carbonyl (C=O) groups is 1. The van der Waals surface area contributed by atoms with Crippen LogP contribution in [-0.2, 0) is 20.6 Å². The minimum absolute atomic E-state index is 0.136. The van der Waals surface area contributed by atoms with E-state index in [2.05, 4.69) is 5.32 Å². The fourth-order valence-electron chi connectivity index (χ4n) is 2.15. The van der Waals surface area contributed by atoms with Crippen LogP contribution in [0, 0.1) is 0 Å². The van der Waals surface area contributed by atoms with Gasteiger partial charge in [0.05, 0.1) is 24.8 Å². The quantitative estimate of drug-likeness (QED) is 0.745. The number of nitrogens with one attached hydrogen (secondary N) is 1. The molecule has 0 atom stereocenters. The lowest BCUT2D eigenvalue weighted by Gasteiger charge is -2.17. The standard InChI is InChI=1S/C18H22N2O4S2/c1-20(26(3,22)23)16-6-4-5-15(11-16)19-18(21)13-25-12-14-7-9-17(24-2)10-8-14/h4-11H,12-13H2,1-3H3,(H,19,21). The lowest BCUT2D eigenvalue weighted by atomic mass is 10.2. The van der Waals surface area contributed by atoms with Crippen molar-refractivity contribution in [3.63, 3.8) is 0 Å². The molecule has 0 heterocycles. The van der Waals surface area contributed by atoms with Crippen molar-refractivity contribution in [2.75, 3.05) is 35.8 Å². The normalized spacial score (nSPS) is 11.0. The Bertz CT molecular complexity index is 852. The van der Waals surface area contributed by atoms with Crippen molar-refractivity contribution in [1.29, 1.82) is 0 Å². The van der Waals surface area contributed by atoms with Gasteiger partial charge in [-0.15, -0.1) is 11.8 Å². The van der Waals surface area contributed by atoms with Crippen molar-refractivity contribution in [3.05, 3.63) is 54.1 Å². The summed E-state index contributed by atoms with van der Waals surface area (Å²) in [6.07, 6.45) is 1.13. The average molecular weight is 395 g/mol. The number of amides is 1. The summed E-state index contributed by atoms with van der Waals surface area (Å²) in [5.74, 6) is 1.69. The summed E-state index contributed by atoms with van der Waals surface area (Å²) in [6.45, 7) is 0. The molecule has 1 N–H and O–H groups in total. The van der Waals surface area contributed by atoms with Gasteiger partial charge in [0.15, 0.2) is 0 Å². The van der Waals surface area contributed by atoms with Gasteiger partial charge in [-0.05, 0) is 35.9 Å². The fraction of sp³-hybridized carbons (Fsp3) is 0.278. The third kappa shape index (κ3) is 5.96. The molecular weight excluding hydrogens is 372 g/mol. The first-order chi connectivity index (χ1) is 12.3. The number of anilines is 2. The van der Waals surface area contributed by atoms with Crippen LogP contribution in [0.25, 0.3) is 0 Å². The predicted octanol–water partition coefficient (Wildman–Crippen LogP) is 2.96. The highest BCUT2D eigenvalue weighted by molar-refractivity contribution is 7.99. The number of hydrogen-bond acceptors (Lipinski definition) is 5. The van der Waals surface area contributed by atoms with Gasteiger partial charge in [-0.25, -0.2) is 8.42 Å². The van der Waals surface area contributed by atoms with Gasteiger partial charge >= 0.3 is 0 Å². The number of ether oxygens (including phenoxy) is 1. The van der Waals surface area contributed by atoms with Crippen LogP contribution in [0.5, 0.6) is 5.75 Å². The summed E-state index contributed by atoms with van der Waals surface area (Å²) in [4.78, 5) is 12.1. The molecule has 0 spiro atoms. The van der Waals surface area contributed by atoms with Crippen LogP contribution in [0.1, 0.15) is 5.56 Å². The monoisotopic (exact) mass is 394 g/mol. The highest BCUT2D eigenvalue weighted by Gasteiger charge is 2.12. The third-order valence-corrected chi connectivity index (χ3v) is 5.86. The van der Waals surface area contributed by atoms with Crippen molar-refractivity contribution < 1.29 is 17.9 Å². The van der Waals surface area contributed by atoms with Gasteiger partial charge in [0, 0.05) is 18.5 Å². The summed E-state index contributed by atoms with van der Waals surface area (Å²) in [6, 6.07) is 14.5. The maximum absolute atomic E-state index is 12.1. The second-order valence-electron chi connectivity index (χ2n) is 5.67. The van der Waals surface area contributed by atoms with Crippen LogP contribution >= 0.6 is 11.8 Å². The first-order valence-corrected chi connectivity index (χ1v) is 10.8. The molecule has 0 saturated heterocycles. The molecule has 2 aromatic carbocycles. The summed E-state index contributed by atoms with van der Waals surface area (Å²) < 4.78 is 29.5. The van der Waals surface area contributed by atoms with Gasteiger partial charge in [-0.3, -0.25) is 9.10 Å².